The molecule has 1 fully saturated rings. The van der Waals surface area contributed by atoms with Crippen LogP contribution in [0.2, 0.25) is 5.02 Å². The number of thioether (sulfide) groups is 1. The largest absolute Gasteiger partial charge is 0.417 e. The summed E-state index contributed by atoms with van der Waals surface area (Å²) >= 11 is 6.65. The molecule has 0 saturated carbocycles. The van der Waals surface area contributed by atoms with E-state index in [1.54, 1.807) is 11.9 Å². The van der Waals surface area contributed by atoms with Gasteiger partial charge in [-0.15, -0.1) is 11.8 Å². The minimum absolute atomic E-state index is 0.0430. The van der Waals surface area contributed by atoms with Crippen molar-refractivity contribution in [1.29, 1.82) is 0 Å². The lowest BCUT2D eigenvalue weighted by atomic mass is 10.2. The number of likely N-dealkylation sites (N-methyl/N-ethyl adjacent to an activating group) is 1. The molecule has 0 aliphatic carbocycles. The summed E-state index contributed by atoms with van der Waals surface area (Å²) in [6.07, 6.45) is -4.53. The van der Waals surface area contributed by atoms with E-state index in [4.69, 9.17) is 11.6 Å². The highest BCUT2D eigenvalue weighted by molar-refractivity contribution is 8.00. The molecule has 1 heterocycles. The maximum absolute atomic E-state index is 12.9. The quantitative estimate of drug-likeness (QED) is 0.710. The lowest BCUT2D eigenvalue weighted by molar-refractivity contribution is -0.896. The predicted octanol–water partition coefficient (Wildman–Crippen LogP) is 0.924. The summed E-state index contributed by atoms with van der Waals surface area (Å²) < 4.78 is 38.6. The predicted molar refractivity (Wildman–Crippen MR) is 93.4 cm³/mol. The number of hydrogen-bond acceptors (Lipinski definition) is 3. The van der Waals surface area contributed by atoms with E-state index < -0.39 is 11.7 Å². The van der Waals surface area contributed by atoms with Crippen molar-refractivity contribution in [3.05, 3.63) is 28.8 Å². The zero-order valence-electron chi connectivity index (χ0n) is 14.2. The van der Waals surface area contributed by atoms with Crippen LogP contribution >= 0.6 is 23.4 Å². The Morgan fingerprint density at radius 3 is 2.54 bits per heavy atom. The fourth-order valence-corrected chi connectivity index (χ4v) is 3.68. The number of carbonyl (C=O) groups excluding carboxylic acids is 2. The zero-order chi connectivity index (χ0) is 19.3. The van der Waals surface area contributed by atoms with Gasteiger partial charge in [0.25, 0.3) is 5.91 Å². The Morgan fingerprint density at radius 1 is 1.31 bits per heavy atom. The summed E-state index contributed by atoms with van der Waals surface area (Å²) in [4.78, 5) is 26.8. The molecule has 10 heteroatoms. The molecule has 5 nitrogen and oxygen atoms in total. The summed E-state index contributed by atoms with van der Waals surface area (Å²) in [6.45, 7) is 2.77. The van der Waals surface area contributed by atoms with Gasteiger partial charge in [0.05, 0.1) is 42.5 Å². The number of halogens is 4. The van der Waals surface area contributed by atoms with Crippen LogP contribution in [0, 0.1) is 0 Å². The molecule has 1 aromatic rings. The van der Waals surface area contributed by atoms with Gasteiger partial charge in [0.15, 0.2) is 6.54 Å². The molecule has 0 atom stereocenters. The highest BCUT2D eigenvalue weighted by Crippen LogP contribution is 2.37. The molecule has 2 N–H and O–H groups in total. The molecule has 1 aliphatic heterocycles. The first-order valence-electron chi connectivity index (χ1n) is 8.02. The Hall–Kier alpha value is -1.45. The third kappa shape index (κ3) is 5.78. The van der Waals surface area contributed by atoms with Crippen LogP contribution in [0.25, 0.3) is 0 Å². The van der Waals surface area contributed by atoms with Crippen molar-refractivity contribution in [2.45, 2.75) is 11.1 Å². The third-order valence-corrected chi connectivity index (χ3v) is 5.43. The van der Waals surface area contributed by atoms with Crippen LogP contribution in [0.15, 0.2) is 23.1 Å². The Morgan fingerprint density at radius 2 is 1.96 bits per heavy atom. The van der Waals surface area contributed by atoms with E-state index >= 15 is 0 Å². The van der Waals surface area contributed by atoms with Gasteiger partial charge in [-0.05, 0) is 18.2 Å². The minimum atomic E-state index is -4.53. The van der Waals surface area contributed by atoms with Crippen LogP contribution in [-0.2, 0) is 15.8 Å². The fourth-order valence-electron chi connectivity index (χ4n) is 2.61. The summed E-state index contributed by atoms with van der Waals surface area (Å²) in [5.41, 5.74) is -0.900. The SMILES string of the molecule is CNC(=O)C[NH+]1CCN(C(=O)CSc2ccc(Cl)c(C(F)(F)F)c2)CC1. The van der Waals surface area contributed by atoms with Crippen molar-refractivity contribution in [1.82, 2.24) is 10.2 Å². The van der Waals surface area contributed by atoms with E-state index in [-0.39, 0.29) is 22.6 Å². The molecule has 2 amide bonds. The van der Waals surface area contributed by atoms with E-state index in [9.17, 15) is 22.8 Å². The summed E-state index contributed by atoms with van der Waals surface area (Å²) in [6, 6.07) is 3.63. The van der Waals surface area contributed by atoms with Gasteiger partial charge in [-0.25, -0.2) is 0 Å². The van der Waals surface area contributed by atoms with Crippen LogP contribution in [0.4, 0.5) is 13.2 Å². The number of quaternary nitrogens is 1. The van der Waals surface area contributed by atoms with Crippen molar-refractivity contribution in [3.63, 3.8) is 0 Å². The fraction of sp³-hybridized carbons (Fsp3) is 0.500. The second-order valence-corrected chi connectivity index (χ2v) is 7.36. The standard InChI is InChI=1S/C16H19ClF3N3O2S/c1-21-14(24)9-22-4-6-23(7-5-22)15(25)10-26-11-2-3-13(17)12(8-11)16(18,19)20/h2-3,8H,4-7,9-10H2,1H3,(H,21,24)/p+1. The van der Waals surface area contributed by atoms with Gasteiger partial charge in [-0.1, -0.05) is 11.6 Å². The lowest BCUT2D eigenvalue weighted by Crippen LogP contribution is -3.15. The van der Waals surface area contributed by atoms with Crippen LogP contribution in [0.3, 0.4) is 0 Å². The Labute approximate surface area is 158 Å². The number of piperazine rings is 1. The topological polar surface area (TPSA) is 53.9 Å². The molecular weight excluding hydrogens is 391 g/mol. The molecule has 1 aromatic carbocycles. The van der Waals surface area contributed by atoms with Crippen LogP contribution in [0.1, 0.15) is 5.56 Å². The molecule has 26 heavy (non-hydrogen) atoms. The highest BCUT2D eigenvalue weighted by atomic mass is 35.5. The zero-order valence-corrected chi connectivity index (χ0v) is 15.7. The summed E-state index contributed by atoms with van der Waals surface area (Å²) in [7, 11) is 1.58. The van der Waals surface area contributed by atoms with Crippen molar-refractivity contribution in [3.8, 4) is 0 Å². The molecule has 2 rings (SSSR count). The second kappa shape index (κ2) is 8.96. The van der Waals surface area contributed by atoms with E-state index in [2.05, 4.69) is 5.32 Å². The number of benzene rings is 1. The van der Waals surface area contributed by atoms with Gasteiger partial charge in [-0.2, -0.15) is 13.2 Å². The second-order valence-electron chi connectivity index (χ2n) is 5.91. The Kier molecular flexibility index (Phi) is 7.19. The number of alkyl halides is 3. The normalized spacial score (nSPS) is 15.8. The molecule has 0 unspecified atom stereocenters. The molecular formula is C16H20ClF3N3O2S+. The van der Waals surface area contributed by atoms with Gasteiger partial charge in [0.1, 0.15) is 0 Å². The van der Waals surface area contributed by atoms with Crippen molar-refractivity contribution in [2.24, 2.45) is 0 Å². The first-order chi connectivity index (χ1) is 12.2. The number of carbonyl (C=O) groups is 2. The van der Waals surface area contributed by atoms with Crippen LogP contribution < -0.4 is 10.2 Å². The van der Waals surface area contributed by atoms with Crippen molar-refractivity contribution in [2.75, 3.05) is 45.5 Å². The molecule has 0 radical (unpaired) electrons. The van der Waals surface area contributed by atoms with Crippen molar-refractivity contribution >= 4 is 35.2 Å². The maximum atomic E-state index is 12.9. The Bertz CT molecular complexity index is 665. The first-order valence-corrected chi connectivity index (χ1v) is 9.38. The van der Waals surface area contributed by atoms with Crippen LogP contribution in [-0.4, -0.2) is 62.2 Å². The smallest absolute Gasteiger partial charge is 0.354 e. The Balaban J connectivity index is 1.85. The van der Waals surface area contributed by atoms with Gasteiger partial charge < -0.3 is 15.1 Å². The summed E-state index contributed by atoms with van der Waals surface area (Å²) in [5, 5.41) is 2.21. The van der Waals surface area contributed by atoms with E-state index in [1.807, 2.05) is 0 Å². The number of nitrogens with one attached hydrogen (secondary N) is 2. The molecule has 1 aliphatic rings. The molecule has 0 aromatic heterocycles. The molecule has 0 spiro atoms. The highest BCUT2D eigenvalue weighted by Gasteiger charge is 2.33. The third-order valence-electron chi connectivity index (χ3n) is 4.12. The average Bonchev–Trinajstić information content (AvgIpc) is 2.60. The van der Waals surface area contributed by atoms with E-state index in [0.717, 1.165) is 22.7 Å². The maximum Gasteiger partial charge on any atom is 0.417 e. The van der Waals surface area contributed by atoms with Crippen LogP contribution in [0.5, 0.6) is 0 Å². The lowest BCUT2D eigenvalue weighted by Gasteiger charge is -2.31. The van der Waals surface area contributed by atoms with Crippen molar-refractivity contribution < 1.29 is 27.7 Å². The number of amides is 2. The van der Waals surface area contributed by atoms with Gasteiger partial charge in [0.2, 0.25) is 5.91 Å². The monoisotopic (exact) mass is 410 g/mol. The number of nitrogens with zero attached hydrogens (tertiary/aromatic N) is 1. The first kappa shape index (κ1) is 20.9. The minimum Gasteiger partial charge on any atom is -0.354 e. The van der Waals surface area contributed by atoms with Gasteiger partial charge >= 0.3 is 6.18 Å². The molecule has 0 bridgehead atoms. The van der Waals surface area contributed by atoms with E-state index in [1.165, 1.54) is 12.1 Å². The molecule has 144 valence electrons. The summed E-state index contributed by atoms with van der Waals surface area (Å²) in [5.74, 6) is -0.111. The van der Waals surface area contributed by atoms with Gasteiger partial charge in [-0.3, -0.25) is 9.59 Å². The average molecular weight is 411 g/mol. The van der Waals surface area contributed by atoms with Gasteiger partial charge in [0, 0.05) is 11.9 Å². The molecule has 1 saturated heterocycles. The van der Waals surface area contributed by atoms with E-state index in [0.29, 0.717) is 37.6 Å². The number of rotatable bonds is 5. The number of hydrogen-bond donors (Lipinski definition) is 2.